The predicted octanol–water partition coefficient (Wildman–Crippen LogP) is 3.28. The van der Waals surface area contributed by atoms with E-state index >= 15 is 0 Å². The molecule has 156 valence electrons. The van der Waals surface area contributed by atoms with Crippen molar-refractivity contribution in [1.29, 1.82) is 0 Å². The van der Waals surface area contributed by atoms with E-state index in [0.29, 0.717) is 30.5 Å². The third-order valence-electron chi connectivity index (χ3n) is 5.94. The fourth-order valence-corrected chi connectivity index (χ4v) is 4.05. The molecular formula is C23H31N3O3. The largest absolute Gasteiger partial charge is 0.467 e. The number of rotatable bonds is 8. The number of Topliss-reactive ketones (excluding diaryl/α,β-unsaturated/α-hetero) is 1. The van der Waals surface area contributed by atoms with E-state index in [1.807, 2.05) is 31.2 Å². The van der Waals surface area contributed by atoms with Gasteiger partial charge in [-0.1, -0.05) is 19.1 Å². The summed E-state index contributed by atoms with van der Waals surface area (Å²) >= 11 is 0. The molecular weight excluding hydrogens is 366 g/mol. The first kappa shape index (κ1) is 21.1. The molecule has 29 heavy (non-hydrogen) atoms. The van der Waals surface area contributed by atoms with E-state index < -0.39 is 5.54 Å². The van der Waals surface area contributed by atoms with Gasteiger partial charge in [0.25, 0.3) is 0 Å². The number of hydrogen-bond acceptors (Lipinski definition) is 5. The molecule has 2 heterocycles. The highest BCUT2D eigenvalue weighted by Crippen LogP contribution is 2.30. The molecule has 1 N–H and O–H groups in total. The number of ketones is 1. The van der Waals surface area contributed by atoms with Crippen molar-refractivity contribution in [3.8, 4) is 0 Å². The Kier molecular flexibility index (Phi) is 6.75. The van der Waals surface area contributed by atoms with Gasteiger partial charge in [-0.25, -0.2) is 4.79 Å². The van der Waals surface area contributed by atoms with E-state index in [1.54, 1.807) is 0 Å². The maximum atomic E-state index is 12.7. The van der Waals surface area contributed by atoms with Crippen LogP contribution < -0.4 is 5.32 Å². The lowest BCUT2D eigenvalue weighted by Crippen LogP contribution is -2.55. The fourth-order valence-electron chi connectivity index (χ4n) is 4.05. The van der Waals surface area contributed by atoms with Gasteiger partial charge < -0.3 is 19.5 Å². The summed E-state index contributed by atoms with van der Waals surface area (Å²) in [7, 11) is 3.49. The van der Waals surface area contributed by atoms with Gasteiger partial charge in [-0.05, 0) is 37.1 Å². The number of carbonyl (C=O) groups excluding carboxylic acids is 2. The fraction of sp³-hybridized carbons (Fsp3) is 0.478. The van der Waals surface area contributed by atoms with Gasteiger partial charge in [0.05, 0.1) is 7.11 Å². The molecule has 0 aliphatic carbocycles. The molecule has 0 atom stereocenters. The molecule has 3 rings (SSSR count). The van der Waals surface area contributed by atoms with Crippen molar-refractivity contribution < 1.29 is 14.3 Å². The summed E-state index contributed by atoms with van der Waals surface area (Å²) in [6.45, 7) is 4.41. The standard InChI is InChI=1S/C23H31N3O3/c1-4-21(27)19-9-5-6-10-20(19)24-23(22(28)29-3)12-16-26(17-13-23)15-11-18-8-7-14-25(18)2/h5-10,14,24H,4,11-13,15-17H2,1-3H3. The molecule has 1 saturated heterocycles. The van der Waals surface area contributed by atoms with Crippen LogP contribution in [0.4, 0.5) is 5.69 Å². The van der Waals surface area contributed by atoms with Crippen LogP contribution in [0.15, 0.2) is 42.6 Å². The number of likely N-dealkylation sites (tertiary alicyclic amines) is 1. The highest BCUT2D eigenvalue weighted by atomic mass is 16.5. The predicted molar refractivity (Wildman–Crippen MR) is 114 cm³/mol. The van der Waals surface area contributed by atoms with Crippen LogP contribution in [0.1, 0.15) is 42.2 Å². The molecule has 0 amide bonds. The Morgan fingerprint density at radius 1 is 1.14 bits per heavy atom. The summed E-state index contributed by atoms with van der Waals surface area (Å²) in [4.78, 5) is 27.5. The lowest BCUT2D eigenvalue weighted by atomic mass is 9.86. The quantitative estimate of drug-likeness (QED) is 0.547. The molecule has 1 fully saturated rings. The van der Waals surface area contributed by atoms with Crippen molar-refractivity contribution in [3.05, 3.63) is 53.9 Å². The second kappa shape index (κ2) is 9.27. The highest BCUT2D eigenvalue weighted by molar-refractivity contribution is 6.01. The van der Waals surface area contributed by atoms with E-state index in [9.17, 15) is 9.59 Å². The maximum absolute atomic E-state index is 12.7. The molecule has 1 aliphatic rings. The average Bonchev–Trinajstić information content (AvgIpc) is 3.17. The summed E-state index contributed by atoms with van der Waals surface area (Å²) in [5.41, 5.74) is 1.84. The van der Waals surface area contributed by atoms with E-state index in [2.05, 4.69) is 40.2 Å². The second-order valence-electron chi connectivity index (χ2n) is 7.72. The Labute approximate surface area is 172 Å². The smallest absolute Gasteiger partial charge is 0.331 e. The van der Waals surface area contributed by atoms with Crippen molar-refractivity contribution in [2.75, 3.05) is 32.1 Å². The summed E-state index contributed by atoms with van der Waals surface area (Å²) in [6, 6.07) is 11.6. The zero-order chi connectivity index (χ0) is 20.9. The van der Waals surface area contributed by atoms with Crippen molar-refractivity contribution in [2.45, 2.75) is 38.1 Å². The minimum Gasteiger partial charge on any atom is -0.467 e. The Hall–Kier alpha value is -2.60. The van der Waals surface area contributed by atoms with Crippen LogP contribution in [0.2, 0.25) is 0 Å². The van der Waals surface area contributed by atoms with E-state index in [0.717, 1.165) is 26.1 Å². The summed E-state index contributed by atoms with van der Waals surface area (Å²) < 4.78 is 7.30. The van der Waals surface area contributed by atoms with Gasteiger partial charge in [0.1, 0.15) is 5.54 Å². The van der Waals surface area contributed by atoms with Crippen molar-refractivity contribution in [3.63, 3.8) is 0 Å². The van der Waals surface area contributed by atoms with Gasteiger partial charge >= 0.3 is 5.97 Å². The van der Waals surface area contributed by atoms with Crippen LogP contribution >= 0.6 is 0 Å². The number of nitrogens with one attached hydrogen (secondary N) is 1. The van der Waals surface area contributed by atoms with Gasteiger partial charge in [-0.2, -0.15) is 0 Å². The average molecular weight is 398 g/mol. The SMILES string of the molecule is CCC(=O)c1ccccc1NC1(C(=O)OC)CCN(CCc2cccn2C)CC1. The lowest BCUT2D eigenvalue weighted by molar-refractivity contribution is -0.147. The third-order valence-corrected chi connectivity index (χ3v) is 5.94. The van der Waals surface area contributed by atoms with Crippen molar-refractivity contribution in [1.82, 2.24) is 9.47 Å². The molecule has 0 saturated carbocycles. The van der Waals surface area contributed by atoms with Crippen molar-refractivity contribution >= 4 is 17.4 Å². The lowest BCUT2D eigenvalue weighted by Gasteiger charge is -2.41. The van der Waals surface area contributed by atoms with Crippen LogP contribution in [0.5, 0.6) is 0 Å². The van der Waals surface area contributed by atoms with Crippen LogP contribution in [-0.2, 0) is 23.0 Å². The van der Waals surface area contributed by atoms with Crippen molar-refractivity contribution in [2.24, 2.45) is 7.05 Å². The molecule has 1 aliphatic heterocycles. The number of aryl methyl sites for hydroxylation is 1. The highest BCUT2D eigenvalue weighted by Gasteiger charge is 2.43. The van der Waals surface area contributed by atoms with Crippen LogP contribution in [0, 0.1) is 0 Å². The number of anilines is 1. The summed E-state index contributed by atoms with van der Waals surface area (Å²) in [6.07, 6.45) is 4.75. The Balaban J connectivity index is 1.71. The Morgan fingerprint density at radius 3 is 2.48 bits per heavy atom. The summed E-state index contributed by atoms with van der Waals surface area (Å²) in [5.74, 6) is -0.202. The number of aromatic nitrogens is 1. The molecule has 2 aromatic rings. The van der Waals surface area contributed by atoms with E-state index in [1.165, 1.54) is 12.8 Å². The maximum Gasteiger partial charge on any atom is 0.331 e. The van der Waals surface area contributed by atoms with Crippen LogP contribution in [0.3, 0.4) is 0 Å². The van der Waals surface area contributed by atoms with Gasteiger partial charge in [0, 0.05) is 62.7 Å². The number of para-hydroxylation sites is 1. The number of piperidine rings is 1. The first-order chi connectivity index (χ1) is 14.0. The summed E-state index contributed by atoms with van der Waals surface area (Å²) in [5, 5.41) is 3.40. The Bertz CT molecular complexity index is 851. The molecule has 1 aromatic carbocycles. The second-order valence-corrected chi connectivity index (χ2v) is 7.72. The minimum atomic E-state index is -0.805. The van der Waals surface area contributed by atoms with Gasteiger partial charge in [0.2, 0.25) is 0 Å². The first-order valence-electron chi connectivity index (χ1n) is 10.3. The third kappa shape index (κ3) is 4.70. The Morgan fingerprint density at radius 2 is 1.86 bits per heavy atom. The number of esters is 1. The van der Waals surface area contributed by atoms with Gasteiger partial charge in [0.15, 0.2) is 5.78 Å². The minimum absolute atomic E-state index is 0.0631. The number of hydrogen-bond donors (Lipinski definition) is 1. The molecule has 1 aromatic heterocycles. The normalized spacial score (nSPS) is 16.4. The van der Waals surface area contributed by atoms with E-state index in [4.69, 9.17) is 4.74 Å². The van der Waals surface area contributed by atoms with Crippen LogP contribution in [-0.4, -0.2) is 53.5 Å². The molecule has 0 unspecified atom stereocenters. The van der Waals surface area contributed by atoms with Gasteiger partial charge in [-0.3, -0.25) is 4.79 Å². The molecule has 6 nitrogen and oxygen atoms in total. The molecule has 0 spiro atoms. The molecule has 6 heteroatoms. The topological polar surface area (TPSA) is 63.6 Å². The first-order valence-corrected chi connectivity index (χ1v) is 10.3. The number of benzene rings is 1. The monoisotopic (exact) mass is 397 g/mol. The zero-order valence-electron chi connectivity index (χ0n) is 17.6. The van der Waals surface area contributed by atoms with E-state index in [-0.39, 0.29) is 11.8 Å². The number of carbonyl (C=O) groups is 2. The molecule has 0 radical (unpaired) electrons. The zero-order valence-corrected chi connectivity index (χ0v) is 17.6. The molecule has 0 bridgehead atoms. The number of nitrogens with zero attached hydrogens (tertiary/aromatic N) is 2. The van der Waals surface area contributed by atoms with Gasteiger partial charge in [-0.15, -0.1) is 0 Å². The number of ether oxygens (including phenoxy) is 1. The van der Waals surface area contributed by atoms with Crippen LogP contribution in [0.25, 0.3) is 0 Å². The number of methoxy groups -OCH3 is 1.